The van der Waals surface area contributed by atoms with Gasteiger partial charge in [-0.3, -0.25) is 9.78 Å². The van der Waals surface area contributed by atoms with Crippen LogP contribution in [0.1, 0.15) is 41.7 Å². The number of nitrogens with zero attached hydrogens (tertiary/aromatic N) is 6. The van der Waals surface area contributed by atoms with E-state index in [1.807, 2.05) is 11.8 Å². The van der Waals surface area contributed by atoms with E-state index in [4.69, 9.17) is 32.7 Å². The maximum absolute atomic E-state index is 13.5. The summed E-state index contributed by atoms with van der Waals surface area (Å²) >= 11 is 12.7. The normalized spacial score (nSPS) is 23.1. The molecular formula is C27H36Cl2N6O3. The molecule has 206 valence electrons. The van der Waals surface area contributed by atoms with Gasteiger partial charge in [0.15, 0.2) is 0 Å². The molecule has 0 radical (unpaired) electrons. The van der Waals surface area contributed by atoms with Gasteiger partial charge in [0.1, 0.15) is 17.8 Å². The summed E-state index contributed by atoms with van der Waals surface area (Å²) in [5, 5.41) is 1.10. The molecule has 11 heteroatoms. The molecule has 38 heavy (non-hydrogen) atoms. The fourth-order valence-electron chi connectivity index (χ4n) is 6.06. The molecule has 5 heterocycles. The van der Waals surface area contributed by atoms with Gasteiger partial charge in [0, 0.05) is 70.9 Å². The van der Waals surface area contributed by atoms with Crippen molar-refractivity contribution in [1.29, 1.82) is 0 Å². The van der Waals surface area contributed by atoms with Gasteiger partial charge >= 0.3 is 0 Å². The molecule has 0 spiro atoms. The van der Waals surface area contributed by atoms with Crippen LogP contribution in [0.5, 0.6) is 0 Å². The van der Waals surface area contributed by atoms with E-state index in [0.717, 1.165) is 88.6 Å². The fourth-order valence-corrected chi connectivity index (χ4v) is 6.66. The molecule has 3 aliphatic heterocycles. The number of piperazine rings is 1. The lowest BCUT2D eigenvalue weighted by Gasteiger charge is -2.38. The number of carbonyl (C=O) groups excluding carboxylic acids is 1. The Hall–Kier alpha value is -2.20. The van der Waals surface area contributed by atoms with Gasteiger partial charge in [-0.25, -0.2) is 9.97 Å². The summed E-state index contributed by atoms with van der Waals surface area (Å²) < 4.78 is 11.2. The minimum Gasteiger partial charge on any atom is -0.379 e. The Morgan fingerprint density at radius 3 is 2.39 bits per heavy atom. The standard InChI is InChI=1S/C27H36Cl2N6O3/c1-18-24(27(36)35-6-3-19(4-7-35)13-20-5-12-38-16-23(20)37-2)31-17-32-26(18)34-10-8-33(9-11-34)25-21(28)14-30-15-22(25)29/h14-15,17,19-20,23H,3-13,16H2,1-2H3. The maximum atomic E-state index is 13.5. The first-order valence-corrected chi connectivity index (χ1v) is 14.2. The molecule has 3 saturated heterocycles. The van der Waals surface area contributed by atoms with Crippen LogP contribution >= 0.6 is 23.2 Å². The average molecular weight is 564 g/mol. The Bertz CT molecular complexity index is 1100. The van der Waals surface area contributed by atoms with Crippen LogP contribution in [0.2, 0.25) is 10.0 Å². The number of carbonyl (C=O) groups is 1. The van der Waals surface area contributed by atoms with Crippen LogP contribution < -0.4 is 9.80 Å². The Morgan fingerprint density at radius 1 is 1.03 bits per heavy atom. The Balaban J connectivity index is 1.19. The fraction of sp³-hybridized carbons (Fsp3) is 0.630. The minimum absolute atomic E-state index is 0.000537. The molecule has 0 bridgehead atoms. The molecule has 3 aliphatic rings. The van der Waals surface area contributed by atoms with Crippen molar-refractivity contribution >= 4 is 40.6 Å². The SMILES string of the molecule is COC1COCCC1CC1CCN(C(=O)c2ncnc(N3CCN(c4c(Cl)cncc4Cl)CC3)c2C)CC1. The highest BCUT2D eigenvalue weighted by Gasteiger charge is 2.32. The quantitative estimate of drug-likeness (QED) is 0.520. The van der Waals surface area contributed by atoms with Gasteiger partial charge in [0.2, 0.25) is 0 Å². The number of pyridine rings is 1. The van der Waals surface area contributed by atoms with Gasteiger partial charge in [0.25, 0.3) is 5.91 Å². The van der Waals surface area contributed by atoms with Crippen molar-refractivity contribution in [2.24, 2.45) is 11.8 Å². The molecule has 0 aliphatic carbocycles. The molecule has 2 aromatic rings. The van der Waals surface area contributed by atoms with E-state index in [9.17, 15) is 4.79 Å². The zero-order valence-corrected chi connectivity index (χ0v) is 23.6. The van der Waals surface area contributed by atoms with Crippen molar-refractivity contribution in [3.8, 4) is 0 Å². The van der Waals surface area contributed by atoms with E-state index < -0.39 is 0 Å². The number of likely N-dealkylation sites (tertiary alicyclic amines) is 1. The predicted molar refractivity (Wildman–Crippen MR) is 148 cm³/mol. The largest absolute Gasteiger partial charge is 0.379 e. The number of aromatic nitrogens is 3. The van der Waals surface area contributed by atoms with E-state index in [2.05, 4.69) is 24.8 Å². The zero-order valence-electron chi connectivity index (χ0n) is 22.1. The zero-order chi connectivity index (χ0) is 26.6. The average Bonchev–Trinajstić information content (AvgIpc) is 2.94. The van der Waals surface area contributed by atoms with Crippen LogP contribution in [-0.4, -0.2) is 91.5 Å². The summed E-state index contributed by atoms with van der Waals surface area (Å²) in [6.07, 6.45) is 9.15. The smallest absolute Gasteiger partial charge is 0.272 e. The summed E-state index contributed by atoms with van der Waals surface area (Å²) in [5.74, 6) is 1.97. The number of rotatable bonds is 6. The number of hydrogen-bond acceptors (Lipinski definition) is 8. The van der Waals surface area contributed by atoms with Gasteiger partial charge in [-0.1, -0.05) is 23.2 Å². The monoisotopic (exact) mass is 562 g/mol. The van der Waals surface area contributed by atoms with Crippen LogP contribution in [0.3, 0.4) is 0 Å². The second-order valence-electron chi connectivity index (χ2n) is 10.5. The Labute approximate surface area is 234 Å². The van der Waals surface area contributed by atoms with E-state index in [0.29, 0.717) is 34.2 Å². The summed E-state index contributed by atoms with van der Waals surface area (Å²) in [5.41, 5.74) is 2.15. The second kappa shape index (κ2) is 12.3. The number of ether oxygens (including phenoxy) is 2. The number of piperidine rings is 1. The third kappa shape index (κ3) is 5.86. The molecule has 0 N–H and O–H groups in total. The van der Waals surface area contributed by atoms with Crippen molar-refractivity contribution in [2.75, 3.05) is 69.4 Å². The van der Waals surface area contributed by atoms with Crippen molar-refractivity contribution in [3.05, 3.63) is 40.0 Å². The van der Waals surface area contributed by atoms with Gasteiger partial charge < -0.3 is 24.2 Å². The first-order valence-electron chi connectivity index (χ1n) is 13.5. The Kier molecular flexibility index (Phi) is 8.88. The van der Waals surface area contributed by atoms with E-state index >= 15 is 0 Å². The van der Waals surface area contributed by atoms with Crippen LogP contribution in [0, 0.1) is 18.8 Å². The molecule has 2 aromatic heterocycles. The van der Waals surface area contributed by atoms with Crippen molar-refractivity contribution in [1.82, 2.24) is 19.9 Å². The van der Waals surface area contributed by atoms with Gasteiger partial charge in [0.05, 0.1) is 28.4 Å². The number of hydrogen-bond donors (Lipinski definition) is 0. The van der Waals surface area contributed by atoms with Crippen molar-refractivity contribution < 1.29 is 14.3 Å². The van der Waals surface area contributed by atoms with Gasteiger partial charge in [-0.2, -0.15) is 0 Å². The number of methoxy groups -OCH3 is 1. The lowest BCUT2D eigenvalue weighted by Crippen LogP contribution is -2.47. The molecule has 0 aromatic carbocycles. The van der Waals surface area contributed by atoms with Gasteiger partial charge in [-0.05, 0) is 44.4 Å². The van der Waals surface area contributed by atoms with Crippen LogP contribution in [0.15, 0.2) is 18.7 Å². The van der Waals surface area contributed by atoms with E-state index in [-0.39, 0.29) is 12.0 Å². The minimum atomic E-state index is -0.000537. The highest BCUT2D eigenvalue weighted by Crippen LogP contribution is 2.34. The summed E-state index contributed by atoms with van der Waals surface area (Å²) in [4.78, 5) is 32.9. The van der Waals surface area contributed by atoms with Gasteiger partial charge in [-0.15, -0.1) is 0 Å². The van der Waals surface area contributed by atoms with Crippen molar-refractivity contribution in [3.63, 3.8) is 0 Å². The first-order chi connectivity index (χ1) is 18.5. The Morgan fingerprint density at radius 2 is 1.71 bits per heavy atom. The first kappa shape index (κ1) is 27.4. The van der Waals surface area contributed by atoms with Crippen molar-refractivity contribution in [2.45, 2.75) is 38.7 Å². The molecular weight excluding hydrogens is 527 g/mol. The number of halogens is 2. The third-order valence-electron chi connectivity index (χ3n) is 8.27. The van der Waals surface area contributed by atoms with Crippen LogP contribution in [0.25, 0.3) is 0 Å². The second-order valence-corrected chi connectivity index (χ2v) is 11.3. The molecule has 0 saturated carbocycles. The number of amides is 1. The lowest BCUT2D eigenvalue weighted by atomic mass is 9.82. The summed E-state index contributed by atoms with van der Waals surface area (Å²) in [6, 6.07) is 0. The summed E-state index contributed by atoms with van der Waals surface area (Å²) in [6.45, 7) is 7.92. The topological polar surface area (TPSA) is 83.9 Å². The molecule has 1 amide bonds. The van der Waals surface area contributed by atoms with Crippen LogP contribution in [-0.2, 0) is 9.47 Å². The molecule has 2 atom stereocenters. The maximum Gasteiger partial charge on any atom is 0.272 e. The van der Waals surface area contributed by atoms with E-state index in [1.54, 1.807) is 19.5 Å². The molecule has 3 fully saturated rings. The molecule has 2 unspecified atom stereocenters. The molecule has 9 nitrogen and oxygen atoms in total. The lowest BCUT2D eigenvalue weighted by molar-refractivity contribution is -0.0725. The highest BCUT2D eigenvalue weighted by atomic mass is 35.5. The van der Waals surface area contributed by atoms with E-state index in [1.165, 1.54) is 6.33 Å². The number of anilines is 2. The van der Waals surface area contributed by atoms with Crippen LogP contribution in [0.4, 0.5) is 11.5 Å². The molecule has 5 rings (SSSR count). The summed E-state index contributed by atoms with van der Waals surface area (Å²) in [7, 11) is 1.78. The highest BCUT2D eigenvalue weighted by molar-refractivity contribution is 6.38. The predicted octanol–water partition coefficient (Wildman–Crippen LogP) is 4.11. The third-order valence-corrected chi connectivity index (χ3v) is 8.82.